The molecule has 0 radical (unpaired) electrons. The van der Waals surface area contributed by atoms with Crippen LogP contribution in [-0.4, -0.2) is 59.1 Å². The van der Waals surface area contributed by atoms with Crippen LogP contribution in [0.4, 0.5) is 0 Å². The fraction of sp³-hybridized carbons (Fsp3) is 0.650. The van der Waals surface area contributed by atoms with Crippen LogP contribution in [0, 0.1) is 5.92 Å². The average molecular weight is 413 g/mol. The average Bonchev–Trinajstić information content (AvgIpc) is 2.70. The van der Waals surface area contributed by atoms with E-state index in [1.807, 2.05) is 19.9 Å². The summed E-state index contributed by atoms with van der Waals surface area (Å²) >= 11 is 0. The van der Waals surface area contributed by atoms with Gasteiger partial charge in [0.1, 0.15) is 10.6 Å². The Morgan fingerprint density at radius 2 is 1.93 bits per heavy atom. The highest BCUT2D eigenvalue weighted by Crippen LogP contribution is 2.32. The number of ether oxygens (including phenoxy) is 2. The minimum absolute atomic E-state index is 0.00691. The van der Waals surface area contributed by atoms with Crippen molar-refractivity contribution in [1.29, 1.82) is 0 Å². The summed E-state index contributed by atoms with van der Waals surface area (Å²) in [6, 6.07) is 5.30. The first-order valence-corrected chi connectivity index (χ1v) is 11.2. The Balaban J connectivity index is 2.05. The smallest absolute Gasteiger partial charge is 0.246 e. The van der Waals surface area contributed by atoms with E-state index in [0.717, 1.165) is 12.0 Å². The molecule has 1 fully saturated rings. The molecule has 0 spiro atoms. The van der Waals surface area contributed by atoms with E-state index in [9.17, 15) is 13.2 Å². The topological polar surface area (TPSA) is 84.9 Å². The minimum Gasteiger partial charge on any atom is -0.495 e. The number of hydrogen-bond acceptors (Lipinski definition) is 5. The molecule has 0 aliphatic carbocycles. The molecule has 1 N–H and O–H groups in total. The lowest BCUT2D eigenvalue weighted by Gasteiger charge is -2.31. The van der Waals surface area contributed by atoms with Crippen LogP contribution < -0.4 is 10.1 Å². The summed E-state index contributed by atoms with van der Waals surface area (Å²) in [7, 11) is -0.570. The van der Waals surface area contributed by atoms with E-state index in [0.29, 0.717) is 44.8 Å². The molecule has 1 aliphatic heterocycles. The predicted molar refractivity (Wildman–Crippen MR) is 108 cm³/mol. The van der Waals surface area contributed by atoms with Crippen LogP contribution in [-0.2, 0) is 19.6 Å². The van der Waals surface area contributed by atoms with Gasteiger partial charge in [0.05, 0.1) is 7.11 Å². The maximum Gasteiger partial charge on any atom is 0.246 e. The second kappa shape index (κ2) is 10.2. The van der Waals surface area contributed by atoms with E-state index in [-0.39, 0.29) is 22.6 Å². The number of piperidine rings is 1. The standard InChI is InChI=1S/C20H32N2O5S/c1-15(2)17-6-7-18(27-4)19(14-17)28(24,25)22-11-8-16(9-12-22)20(23)21-10-5-13-26-3/h6-7,14-16H,5,8-13H2,1-4H3,(H,21,23). The number of carbonyl (C=O) groups excluding carboxylic acids is 1. The largest absolute Gasteiger partial charge is 0.495 e. The van der Waals surface area contributed by atoms with E-state index < -0.39 is 10.0 Å². The molecule has 1 aromatic rings. The first kappa shape index (κ1) is 22.6. The molecule has 0 saturated carbocycles. The van der Waals surface area contributed by atoms with Crippen molar-refractivity contribution in [3.05, 3.63) is 23.8 Å². The maximum atomic E-state index is 13.2. The van der Waals surface area contributed by atoms with Gasteiger partial charge in [0.15, 0.2) is 0 Å². The number of benzene rings is 1. The third kappa shape index (κ3) is 5.46. The van der Waals surface area contributed by atoms with Crippen LogP contribution in [0.15, 0.2) is 23.1 Å². The van der Waals surface area contributed by atoms with Gasteiger partial charge in [-0.15, -0.1) is 0 Å². The molecule has 1 aliphatic rings. The lowest BCUT2D eigenvalue weighted by atomic mass is 9.97. The van der Waals surface area contributed by atoms with Crippen molar-refractivity contribution < 1.29 is 22.7 Å². The van der Waals surface area contributed by atoms with Gasteiger partial charge in [-0.1, -0.05) is 19.9 Å². The van der Waals surface area contributed by atoms with E-state index >= 15 is 0 Å². The highest BCUT2D eigenvalue weighted by molar-refractivity contribution is 7.89. The molecule has 1 aromatic carbocycles. The van der Waals surface area contributed by atoms with Gasteiger partial charge in [-0.05, 0) is 42.9 Å². The molecule has 1 saturated heterocycles. The Morgan fingerprint density at radius 3 is 2.50 bits per heavy atom. The maximum absolute atomic E-state index is 13.2. The summed E-state index contributed by atoms with van der Waals surface area (Å²) in [6.45, 7) is 5.88. The lowest BCUT2D eigenvalue weighted by molar-refractivity contribution is -0.126. The highest BCUT2D eigenvalue weighted by atomic mass is 32.2. The van der Waals surface area contributed by atoms with E-state index in [4.69, 9.17) is 9.47 Å². The summed E-state index contributed by atoms with van der Waals surface area (Å²) < 4.78 is 38.1. The summed E-state index contributed by atoms with van der Waals surface area (Å²) in [5, 5.41) is 2.90. The summed E-state index contributed by atoms with van der Waals surface area (Å²) in [6.07, 6.45) is 1.80. The number of methoxy groups -OCH3 is 2. The Morgan fingerprint density at radius 1 is 1.25 bits per heavy atom. The van der Waals surface area contributed by atoms with Crippen LogP contribution in [0.2, 0.25) is 0 Å². The molecular formula is C20H32N2O5S. The van der Waals surface area contributed by atoms with Crippen molar-refractivity contribution in [3.63, 3.8) is 0 Å². The van der Waals surface area contributed by atoms with Crippen molar-refractivity contribution in [2.45, 2.75) is 43.9 Å². The molecule has 8 heteroatoms. The lowest BCUT2D eigenvalue weighted by Crippen LogP contribution is -2.43. The van der Waals surface area contributed by atoms with Crippen LogP contribution in [0.5, 0.6) is 5.75 Å². The van der Waals surface area contributed by atoms with Gasteiger partial charge in [-0.3, -0.25) is 4.79 Å². The third-order valence-electron chi connectivity index (χ3n) is 5.12. The Hall–Kier alpha value is -1.64. The first-order chi connectivity index (χ1) is 13.3. The molecule has 0 bridgehead atoms. The molecule has 0 unspecified atom stereocenters. The third-order valence-corrected chi connectivity index (χ3v) is 7.04. The molecule has 7 nitrogen and oxygen atoms in total. The molecular weight excluding hydrogens is 380 g/mol. The number of nitrogens with one attached hydrogen (secondary N) is 1. The Kier molecular flexibility index (Phi) is 8.27. The predicted octanol–water partition coefficient (Wildman–Crippen LogP) is 2.37. The number of sulfonamides is 1. The van der Waals surface area contributed by atoms with E-state index in [2.05, 4.69) is 5.32 Å². The number of amides is 1. The van der Waals surface area contributed by atoms with Crippen LogP contribution in [0.1, 0.15) is 44.6 Å². The van der Waals surface area contributed by atoms with E-state index in [1.165, 1.54) is 11.4 Å². The summed E-state index contributed by atoms with van der Waals surface area (Å²) in [5.41, 5.74) is 0.949. The Bertz CT molecular complexity index is 756. The van der Waals surface area contributed by atoms with Crippen LogP contribution in [0.3, 0.4) is 0 Å². The van der Waals surface area contributed by atoms with E-state index in [1.54, 1.807) is 19.2 Å². The van der Waals surface area contributed by atoms with Crippen LogP contribution >= 0.6 is 0 Å². The van der Waals surface area contributed by atoms with Gasteiger partial charge in [0.2, 0.25) is 15.9 Å². The summed E-state index contributed by atoms with van der Waals surface area (Å²) in [4.78, 5) is 12.5. The van der Waals surface area contributed by atoms with Crippen LogP contribution in [0.25, 0.3) is 0 Å². The van der Waals surface area contributed by atoms with Crippen molar-refractivity contribution in [2.75, 3.05) is 40.5 Å². The van der Waals surface area contributed by atoms with Gasteiger partial charge in [-0.25, -0.2) is 8.42 Å². The zero-order valence-electron chi connectivity index (χ0n) is 17.2. The quantitative estimate of drug-likeness (QED) is 0.630. The molecule has 1 amide bonds. The first-order valence-electron chi connectivity index (χ1n) is 9.76. The van der Waals surface area contributed by atoms with Gasteiger partial charge in [0, 0.05) is 39.3 Å². The van der Waals surface area contributed by atoms with Gasteiger partial charge < -0.3 is 14.8 Å². The van der Waals surface area contributed by atoms with Gasteiger partial charge >= 0.3 is 0 Å². The SMILES string of the molecule is COCCCNC(=O)C1CCN(S(=O)(=O)c2cc(C(C)C)ccc2OC)CC1. The molecule has 0 atom stereocenters. The fourth-order valence-corrected chi connectivity index (χ4v) is 4.98. The normalized spacial score (nSPS) is 16.3. The fourth-order valence-electron chi connectivity index (χ4n) is 3.32. The monoisotopic (exact) mass is 412 g/mol. The zero-order valence-corrected chi connectivity index (χ0v) is 18.0. The minimum atomic E-state index is -3.67. The summed E-state index contributed by atoms with van der Waals surface area (Å²) in [5.74, 6) is 0.403. The molecule has 158 valence electrons. The number of rotatable bonds is 9. The second-order valence-corrected chi connectivity index (χ2v) is 9.29. The number of hydrogen-bond donors (Lipinski definition) is 1. The van der Waals surface area contributed by atoms with Crippen molar-refractivity contribution in [3.8, 4) is 5.75 Å². The van der Waals surface area contributed by atoms with Crippen molar-refractivity contribution >= 4 is 15.9 Å². The Labute approximate surface area is 168 Å². The number of nitrogens with zero attached hydrogens (tertiary/aromatic N) is 1. The molecule has 2 rings (SSSR count). The highest BCUT2D eigenvalue weighted by Gasteiger charge is 2.33. The van der Waals surface area contributed by atoms with Gasteiger partial charge in [-0.2, -0.15) is 4.31 Å². The van der Waals surface area contributed by atoms with Crippen molar-refractivity contribution in [2.24, 2.45) is 5.92 Å². The van der Waals surface area contributed by atoms with Gasteiger partial charge in [0.25, 0.3) is 0 Å². The molecule has 28 heavy (non-hydrogen) atoms. The zero-order chi connectivity index (χ0) is 20.7. The molecule has 0 aromatic heterocycles. The number of carbonyl (C=O) groups is 1. The van der Waals surface area contributed by atoms with Crippen molar-refractivity contribution in [1.82, 2.24) is 9.62 Å². The second-order valence-electron chi connectivity index (χ2n) is 7.38. The molecule has 1 heterocycles.